The summed E-state index contributed by atoms with van der Waals surface area (Å²) in [5, 5.41) is 24.4. The number of rotatable bonds is 12. The Hall–Kier alpha value is -1.33. The molecule has 0 aromatic heterocycles. The minimum Gasteiger partial charge on any atom is -0.396 e. The molecular weight excluding hydrogens is 270 g/mol. The molecule has 0 aliphatic rings. The molecule has 118 valence electrons. The number of hydrogen-bond acceptors (Lipinski definition) is 8. The highest BCUT2D eigenvalue weighted by atomic mass is 16.6. The number of carbonyl (C=O) groups excluding carboxylic acids is 1. The summed E-state index contributed by atoms with van der Waals surface area (Å²) >= 11 is 0. The average molecular weight is 293 g/mol. The molecule has 1 atom stereocenters. The second-order valence-corrected chi connectivity index (χ2v) is 4.15. The highest BCUT2D eigenvalue weighted by Crippen LogP contribution is 2.02. The van der Waals surface area contributed by atoms with Crippen molar-refractivity contribution < 1.29 is 19.8 Å². The normalized spacial score (nSPS) is 12.2. The van der Waals surface area contributed by atoms with Crippen LogP contribution in [0.4, 0.5) is 0 Å². The van der Waals surface area contributed by atoms with E-state index in [-0.39, 0.29) is 56.3 Å². The van der Waals surface area contributed by atoms with Crippen LogP contribution in [0.25, 0.3) is 0 Å². The molecule has 5 N–H and O–H groups in total. The second-order valence-electron chi connectivity index (χ2n) is 4.15. The minimum atomic E-state index is -0.258. The lowest BCUT2D eigenvalue weighted by Gasteiger charge is -2.23. The number of amides is 1. The van der Waals surface area contributed by atoms with Crippen molar-refractivity contribution in [3.05, 3.63) is 4.91 Å². The Balaban J connectivity index is 4.01. The van der Waals surface area contributed by atoms with E-state index >= 15 is 0 Å². The summed E-state index contributed by atoms with van der Waals surface area (Å²) in [5.74, 6) is -0.511. The summed E-state index contributed by atoms with van der Waals surface area (Å²) in [5.41, 5.74) is 5.32. The molecule has 1 amide bonds. The molecule has 10 nitrogen and oxygen atoms in total. The van der Waals surface area contributed by atoms with E-state index < -0.39 is 0 Å². The van der Waals surface area contributed by atoms with Gasteiger partial charge in [-0.25, -0.2) is 0 Å². The molecule has 0 saturated carbocycles. The van der Waals surface area contributed by atoms with Gasteiger partial charge in [-0.3, -0.25) is 10.0 Å². The van der Waals surface area contributed by atoms with Gasteiger partial charge in [-0.2, -0.15) is 5.01 Å². The van der Waals surface area contributed by atoms with Gasteiger partial charge in [0.2, 0.25) is 5.91 Å². The van der Waals surface area contributed by atoms with Gasteiger partial charge in [-0.15, -0.1) is 4.91 Å². The quantitative estimate of drug-likeness (QED) is 0.246. The molecule has 0 heterocycles. The monoisotopic (exact) mass is 293 g/mol. The number of nitrogens with two attached hydrogens (primary N) is 1. The largest absolute Gasteiger partial charge is 0.396 e. The van der Waals surface area contributed by atoms with Crippen LogP contribution in [0.5, 0.6) is 0 Å². The summed E-state index contributed by atoms with van der Waals surface area (Å²) < 4.78 is 4.87. The topological polar surface area (TPSA) is 141 Å². The van der Waals surface area contributed by atoms with Gasteiger partial charge in [-0.1, -0.05) is 5.28 Å². The summed E-state index contributed by atoms with van der Waals surface area (Å²) in [6, 6.07) is 0. The number of nitrogens with one attached hydrogen (secondary N) is 1. The molecule has 0 aromatic carbocycles. The third-order valence-corrected chi connectivity index (χ3v) is 2.54. The van der Waals surface area contributed by atoms with Gasteiger partial charge in [0, 0.05) is 52.2 Å². The fraction of sp³-hybridized carbons (Fsp3) is 0.900. The Morgan fingerprint density at radius 2 is 2.20 bits per heavy atom. The molecule has 0 spiro atoms. The smallest absolute Gasteiger partial charge is 0.220 e. The Bertz CT molecular complexity index is 281. The first kappa shape index (κ1) is 18.7. The van der Waals surface area contributed by atoms with Crippen molar-refractivity contribution >= 4 is 5.91 Å². The van der Waals surface area contributed by atoms with Crippen LogP contribution in [0.2, 0.25) is 0 Å². The summed E-state index contributed by atoms with van der Waals surface area (Å²) in [6.07, 6.45) is 0.135. The summed E-state index contributed by atoms with van der Waals surface area (Å²) in [7, 11) is 1.49. The number of aliphatic hydroxyl groups excluding tert-OH is 1. The lowest BCUT2D eigenvalue weighted by Crippen LogP contribution is -2.44. The van der Waals surface area contributed by atoms with Crippen molar-refractivity contribution in [2.75, 3.05) is 46.5 Å². The first-order valence-electron chi connectivity index (χ1n) is 6.22. The zero-order valence-electron chi connectivity index (χ0n) is 11.6. The van der Waals surface area contributed by atoms with Crippen molar-refractivity contribution in [2.45, 2.75) is 6.42 Å². The van der Waals surface area contributed by atoms with E-state index in [0.29, 0.717) is 6.61 Å². The average Bonchev–Trinajstić information content (AvgIpc) is 2.45. The van der Waals surface area contributed by atoms with Crippen LogP contribution in [0.3, 0.4) is 0 Å². The molecule has 20 heavy (non-hydrogen) atoms. The lowest BCUT2D eigenvalue weighted by atomic mass is 10.1. The van der Waals surface area contributed by atoms with Crippen LogP contribution < -0.4 is 11.1 Å². The maximum absolute atomic E-state index is 11.6. The number of nitroso groups, excluding NO2 is 1. The van der Waals surface area contributed by atoms with E-state index in [4.69, 9.17) is 20.8 Å². The van der Waals surface area contributed by atoms with E-state index in [1.165, 1.54) is 12.1 Å². The SMILES string of the molecule is COCC(CO)CC(=O)NCCN(CCN)N(O)N=O. The minimum absolute atomic E-state index is 0.135. The van der Waals surface area contributed by atoms with Crippen LogP contribution >= 0.6 is 0 Å². The van der Waals surface area contributed by atoms with Gasteiger partial charge in [0.05, 0.1) is 11.9 Å². The highest BCUT2D eigenvalue weighted by Gasteiger charge is 2.14. The molecule has 0 bridgehead atoms. The molecule has 0 fully saturated rings. The molecule has 10 heteroatoms. The summed E-state index contributed by atoms with van der Waals surface area (Å²) in [6.45, 7) is 0.987. The number of hydrogen-bond donors (Lipinski definition) is 4. The number of methoxy groups -OCH3 is 1. The Morgan fingerprint density at radius 3 is 2.70 bits per heavy atom. The third-order valence-electron chi connectivity index (χ3n) is 2.54. The van der Waals surface area contributed by atoms with E-state index in [2.05, 4.69) is 10.6 Å². The van der Waals surface area contributed by atoms with Crippen molar-refractivity contribution in [3.8, 4) is 0 Å². The number of ether oxygens (including phenoxy) is 1. The number of carbonyl (C=O) groups is 1. The zero-order chi connectivity index (χ0) is 15.4. The predicted molar refractivity (Wildman–Crippen MR) is 70.1 cm³/mol. The van der Waals surface area contributed by atoms with Gasteiger partial charge in [0.15, 0.2) is 0 Å². The van der Waals surface area contributed by atoms with Crippen LogP contribution in [0.15, 0.2) is 5.29 Å². The predicted octanol–water partition coefficient (Wildman–Crippen LogP) is -1.70. The van der Waals surface area contributed by atoms with Crippen molar-refractivity contribution in [1.29, 1.82) is 0 Å². The van der Waals surface area contributed by atoms with Gasteiger partial charge in [0.25, 0.3) is 0 Å². The van der Waals surface area contributed by atoms with Gasteiger partial charge < -0.3 is 20.9 Å². The van der Waals surface area contributed by atoms with Crippen LogP contribution in [0, 0.1) is 10.8 Å². The standard InChI is InChI=1S/C10H23N5O5/c1-20-8-9(7-16)6-10(17)12-3-5-14(4-2-11)15(19)13-18/h9,16,19H,2-8,11H2,1H3,(H,12,17). The first-order chi connectivity index (χ1) is 9.58. The molecule has 1 unspecified atom stereocenters. The van der Waals surface area contributed by atoms with Crippen molar-refractivity contribution in [3.63, 3.8) is 0 Å². The summed E-state index contributed by atoms with van der Waals surface area (Å²) in [4.78, 5) is 21.8. The third kappa shape index (κ3) is 7.96. The molecule has 0 aliphatic carbocycles. The number of aliphatic hydroxyl groups is 1. The Kier molecular flexibility index (Phi) is 10.7. The lowest BCUT2D eigenvalue weighted by molar-refractivity contribution is -0.246. The number of nitrogens with zero attached hydrogens (tertiary/aromatic N) is 3. The molecule has 0 aliphatic heterocycles. The van der Waals surface area contributed by atoms with Crippen molar-refractivity contribution in [2.24, 2.45) is 16.9 Å². The van der Waals surface area contributed by atoms with Crippen LogP contribution in [0.1, 0.15) is 6.42 Å². The highest BCUT2D eigenvalue weighted by molar-refractivity contribution is 5.76. The fourth-order valence-electron chi connectivity index (χ4n) is 1.56. The molecule has 0 radical (unpaired) electrons. The van der Waals surface area contributed by atoms with E-state index in [1.54, 1.807) is 0 Å². The maximum Gasteiger partial charge on any atom is 0.220 e. The second kappa shape index (κ2) is 11.5. The van der Waals surface area contributed by atoms with Crippen molar-refractivity contribution in [1.82, 2.24) is 15.6 Å². The van der Waals surface area contributed by atoms with E-state index in [9.17, 15) is 9.70 Å². The van der Waals surface area contributed by atoms with Crippen LogP contribution in [-0.2, 0) is 9.53 Å². The molecular formula is C10H23N5O5. The molecule has 0 rings (SSSR count). The number of hydrazine groups is 1. The Labute approximate surface area is 117 Å². The van der Waals surface area contributed by atoms with E-state index in [0.717, 1.165) is 0 Å². The maximum atomic E-state index is 11.6. The molecule has 0 saturated heterocycles. The fourth-order valence-corrected chi connectivity index (χ4v) is 1.56. The van der Waals surface area contributed by atoms with Gasteiger partial charge in [0.1, 0.15) is 0 Å². The van der Waals surface area contributed by atoms with Gasteiger partial charge in [-0.05, 0) is 0 Å². The van der Waals surface area contributed by atoms with Crippen LogP contribution in [-0.4, -0.2) is 73.0 Å². The molecule has 0 aromatic rings. The van der Waals surface area contributed by atoms with E-state index in [1.807, 2.05) is 0 Å². The zero-order valence-corrected chi connectivity index (χ0v) is 11.6. The Morgan fingerprint density at radius 1 is 1.50 bits per heavy atom. The van der Waals surface area contributed by atoms with Gasteiger partial charge >= 0.3 is 0 Å². The first-order valence-corrected chi connectivity index (χ1v) is 6.22.